The highest BCUT2D eigenvalue weighted by atomic mass is 79.9. The van der Waals surface area contributed by atoms with Crippen molar-refractivity contribution in [2.75, 3.05) is 5.32 Å². The normalized spacial score (nSPS) is 15.8. The minimum Gasteiger partial charge on any atom is -0.353 e. The first kappa shape index (κ1) is 14.0. The van der Waals surface area contributed by atoms with E-state index in [0.717, 1.165) is 21.8 Å². The zero-order valence-electron chi connectivity index (χ0n) is 11.4. The van der Waals surface area contributed by atoms with Crippen LogP contribution in [-0.2, 0) is 0 Å². The molecule has 3 rings (SSSR count). The van der Waals surface area contributed by atoms with Gasteiger partial charge in [0.25, 0.3) is 0 Å². The number of nitrogens with one attached hydrogen (secondary N) is 1. The lowest BCUT2D eigenvalue weighted by molar-refractivity contribution is 0.740. The summed E-state index contributed by atoms with van der Waals surface area (Å²) in [4.78, 5) is 4.60. The van der Waals surface area contributed by atoms with Gasteiger partial charge in [0.05, 0.1) is 16.4 Å². The zero-order valence-corrected chi connectivity index (χ0v) is 13.7. The molecule has 0 saturated heterocycles. The maximum atomic E-state index is 6.19. The smallest absolute Gasteiger partial charge is 0.207 e. The molecule has 0 aliphatic heterocycles. The summed E-state index contributed by atoms with van der Waals surface area (Å²) in [7, 11) is 0. The Morgan fingerprint density at radius 3 is 2.80 bits per heavy atom. The van der Waals surface area contributed by atoms with Crippen LogP contribution in [0.5, 0.6) is 0 Å². The summed E-state index contributed by atoms with van der Waals surface area (Å²) in [6.45, 7) is 2.01. The summed E-state index contributed by atoms with van der Waals surface area (Å²) in [6.07, 6.45) is 7.11. The standard InChI is InChI=1S/C15H17BrClN3/c1-10-9-20(12-6-7-13(16)14(17)8-12)15(18-10)19-11-4-2-3-5-11/h6-9,11H,2-5H2,1H3,(H,18,19). The van der Waals surface area contributed by atoms with Gasteiger partial charge in [0, 0.05) is 16.7 Å². The van der Waals surface area contributed by atoms with Gasteiger partial charge in [-0.3, -0.25) is 4.57 Å². The van der Waals surface area contributed by atoms with Crippen molar-refractivity contribution < 1.29 is 0 Å². The minimum atomic E-state index is 0.543. The van der Waals surface area contributed by atoms with Gasteiger partial charge in [-0.05, 0) is 53.9 Å². The molecule has 5 heteroatoms. The molecule has 0 unspecified atom stereocenters. The molecular formula is C15H17BrClN3. The molecular weight excluding hydrogens is 338 g/mol. The van der Waals surface area contributed by atoms with Crippen LogP contribution in [0.25, 0.3) is 5.69 Å². The van der Waals surface area contributed by atoms with Crippen molar-refractivity contribution in [2.24, 2.45) is 0 Å². The first-order valence-corrected chi connectivity index (χ1v) is 8.08. The fourth-order valence-electron chi connectivity index (χ4n) is 2.68. The Balaban J connectivity index is 1.93. The quantitative estimate of drug-likeness (QED) is 0.845. The number of nitrogens with zero attached hydrogens (tertiary/aromatic N) is 2. The molecule has 1 N–H and O–H groups in total. The molecule has 106 valence electrons. The third-order valence-electron chi connectivity index (χ3n) is 3.70. The minimum absolute atomic E-state index is 0.543. The molecule has 0 atom stereocenters. The Kier molecular flexibility index (Phi) is 4.03. The molecule has 1 aromatic carbocycles. The van der Waals surface area contributed by atoms with Crippen LogP contribution in [0, 0.1) is 6.92 Å². The summed E-state index contributed by atoms with van der Waals surface area (Å²) in [5.74, 6) is 0.910. The van der Waals surface area contributed by atoms with Crippen molar-refractivity contribution in [3.05, 3.63) is 39.6 Å². The second kappa shape index (κ2) is 5.78. The number of halogens is 2. The first-order chi connectivity index (χ1) is 9.63. The van der Waals surface area contributed by atoms with Crippen molar-refractivity contribution in [3.8, 4) is 5.69 Å². The molecule has 1 fully saturated rings. The number of aryl methyl sites for hydroxylation is 1. The number of anilines is 1. The molecule has 0 bridgehead atoms. The number of hydrogen-bond donors (Lipinski definition) is 1. The van der Waals surface area contributed by atoms with E-state index in [4.69, 9.17) is 11.6 Å². The molecule has 1 aliphatic carbocycles. The van der Waals surface area contributed by atoms with Gasteiger partial charge in [0.15, 0.2) is 0 Å². The van der Waals surface area contributed by atoms with Crippen molar-refractivity contribution in [1.29, 1.82) is 0 Å². The highest BCUT2D eigenvalue weighted by Gasteiger charge is 2.17. The molecule has 1 saturated carbocycles. The van der Waals surface area contributed by atoms with E-state index in [2.05, 4.69) is 30.8 Å². The largest absolute Gasteiger partial charge is 0.353 e. The number of aromatic nitrogens is 2. The molecule has 1 aliphatic rings. The van der Waals surface area contributed by atoms with Crippen molar-refractivity contribution >= 4 is 33.5 Å². The Labute approximate surface area is 132 Å². The molecule has 0 radical (unpaired) electrons. The fraction of sp³-hybridized carbons (Fsp3) is 0.400. The second-order valence-corrected chi connectivity index (χ2v) is 6.56. The van der Waals surface area contributed by atoms with E-state index in [9.17, 15) is 0 Å². The van der Waals surface area contributed by atoms with E-state index >= 15 is 0 Å². The van der Waals surface area contributed by atoms with E-state index in [1.165, 1.54) is 25.7 Å². The van der Waals surface area contributed by atoms with Gasteiger partial charge < -0.3 is 5.32 Å². The summed E-state index contributed by atoms with van der Waals surface area (Å²) in [5.41, 5.74) is 2.03. The first-order valence-electron chi connectivity index (χ1n) is 6.91. The van der Waals surface area contributed by atoms with Crippen molar-refractivity contribution in [1.82, 2.24) is 9.55 Å². The van der Waals surface area contributed by atoms with Crippen LogP contribution in [0.15, 0.2) is 28.9 Å². The van der Waals surface area contributed by atoms with Gasteiger partial charge in [0.2, 0.25) is 5.95 Å². The van der Waals surface area contributed by atoms with Gasteiger partial charge in [-0.25, -0.2) is 4.98 Å². The average molecular weight is 355 g/mol. The van der Waals surface area contributed by atoms with Crippen LogP contribution >= 0.6 is 27.5 Å². The number of benzene rings is 1. The number of hydrogen-bond acceptors (Lipinski definition) is 2. The molecule has 1 aromatic heterocycles. The highest BCUT2D eigenvalue weighted by molar-refractivity contribution is 9.10. The van der Waals surface area contributed by atoms with Crippen LogP contribution in [0.3, 0.4) is 0 Å². The fourth-order valence-corrected chi connectivity index (χ4v) is 3.11. The predicted molar refractivity (Wildman–Crippen MR) is 86.9 cm³/mol. The number of imidazole rings is 1. The SMILES string of the molecule is Cc1cn(-c2ccc(Br)c(Cl)c2)c(NC2CCCC2)n1. The van der Waals surface area contributed by atoms with Crippen LogP contribution < -0.4 is 5.32 Å². The van der Waals surface area contributed by atoms with E-state index < -0.39 is 0 Å². The van der Waals surface area contributed by atoms with Crippen molar-refractivity contribution in [3.63, 3.8) is 0 Å². The molecule has 1 heterocycles. The topological polar surface area (TPSA) is 29.9 Å². The highest BCUT2D eigenvalue weighted by Crippen LogP contribution is 2.28. The lowest BCUT2D eigenvalue weighted by Crippen LogP contribution is -2.17. The van der Waals surface area contributed by atoms with Gasteiger partial charge in [-0.1, -0.05) is 24.4 Å². The maximum absolute atomic E-state index is 6.19. The monoisotopic (exact) mass is 353 g/mol. The molecule has 3 nitrogen and oxygen atoms in total. The Morgan fingerprint density at radius 2 is 2.10 bits per heavy atom. The molecule has 0 spiro atoms. The average Bonchev–Trinajstić information content (AvgIpc) is 3.03. The maximum Gasteiger partial charge on any atom is 0.207 e. The third-order valence-corrected chi connectivity index (χ3v) is 4.93. The van der Waals surface area contributed by atoms with Gasteiger partial charge >= 0.3 is 0 Å². The van der Waals surface area contributed by atoms with Crippen LogP contribution in [0.4, 0.5) is 5.95 Å². The van der Waals surface area contributed by atoms with Gasteiger partial charge in [-0.15, -0.1) is 0 Å². The number of rotatable bonds is 3. The Morgan fingerprint density at radius 1 is 1.35 bits per heavy atom. The van der Waals surface area contributed by atoms with E-state index in [0.29, 0.717) is 11.1 Å². The third kappa shape index (κ3) is 2.86. The van der Waals surface area contributed by atoms with Crippen LogP contribution in [0.2, 0.25) is 5.02 Å². The molecule has 0 amide bonds. The Hall–Kier alpha value is -1.00. The van der Waals surface area contributed by atoms with Gasteiger partial charge in [0.1, 0.15) is 0 Å². The lowest BCUT2D eigenvalue weighted by Gasteiger charge is -2.15. The van der Waals surface area contributed by atoms with E-state index in [1.54, 1.807) is 0 Å². The lowest BCUT2D eigenvalue weighted by atomic mass is 10.2. The van der Waals surface area contributed by atoms with Gasteiger partial charge in [-0.2, -0.15) is 0 Å². The van der Waals surface area contributed by atoms with Crippen molar-refractivity contribution in [2.45, 2.75) is 38.6 Å². The zero-order chi connectivity index (χ0) is 14.1. The summed E-state index contributed by atoms with van der Waals surface area (Å²) >= 11 is 9.62. The van der Waals surface area contributed by atoms with E-state index in [-0.39, 0.29) is 0 Å². The summed E-state index contributed by atoms with van der Waals surface area (Å²) < 4.78 is 2.98. The summed E-state index contributed by atoms with van der Waals surface area (Å²) in [5, 5.41) is 4.27. The van der Waals surface area contributed by atoms with Crippen LogP contribution in [-0.4, -0.2) is 15.6 Å². The molecule has 20 heavy (non-hydrogen) atoms. The second-order valence-electron chi connectivity index (χ2n) is 5.30. The summed E-state index contributed by atoms with van der Waals surface area (Å²) in [6, 6.07) is 6.50. The van der Waals surface area contributed by atoms with E-state index in [1.807, 2.05) is 31.3 Å². The predicted octanol–water partition coefficient (Wildman–Crippen LogP) is 4.95. The Bertz CT molecular complexity index is 618. The molecule has 2 aromatic rings. The van der Waals surface area contributed by atoms with Crippen LogP contribution in [0.1, 0.15) is 31.4 Å².